The minimum absolute atomic E-state index is 0.00816. The van der Waals surface area contributed by atoms with Gasteiger partial charge in [-0.2, -0.15) is 0 Å². The molecule has 0 radical (unpaired) electrons. The normalized spacial score (nSPS) is 13.0. The molecule has 6 nitrogen and oxygen atoms in total. The van der Waals surface area contributed by atoms with Crippen LogP contribution in [0.3, 0.4) is 0 Å². The number of nitrogens with one attached hydrogen (secondary N) is 1. The van der Waals surface area contributed by atoms with Gasteiger partial charge in [0.2, 0.25) is 5.91 Å². The number of urea groups is 1. The fraction of sp³-hybridized carbons (Fsp3) is 0.364. The molecule has 0 fully saturated rings. The fourth-order valence-electron chi connectivity index (χ4n) is 3.47. The van der Waals surface area contributed by atoms with E-state index in [9.17, 15) is 9.59 Å². The molecule has 1 aliphatic heterocycles. The molecule has 0 saturated carbocycles. The van der Waals surface area contributed by atoms with Gasteiger partial charge in [0.15, 0.2) is 0 Å². The van der Waals surface area contributed by atoms with Crippen molar-refractivity contribution in [2.24, 2.45) is 5.73 Å². The smallest absolute Gasteiger partial charge is 0.318 e. The maximum Gasteiger partial charge on any atom is 0.318 e. The molecule has 148 valence electrons. The minimum Gasteiger partial charge on any atom is -0.340 e. The second-order valence-corrected chi connectivity index (χ2v) is 7.00. The molecule has 28 heavy (non-hydrogen) atoms. The average Bonchev–Trinajstić information content (AvgIpc) is 2.75. The molecule has 0 aromatic heterocycles. The second-order valence-electron chi connectivity index (χ2n) is 7.00. The number of benzene rings is 2. The van der Waals surface area contributed by atoms with Crippen LogP contribution in [0.25, 0.3) is 0 Å². The van der Waals surface area contributed by atoms with E-state index in [0.717, 1.165) is 12.8 Å². The van der Waals surface area contributed by atoms with E-state index in [1.807, 2.05) is 48.5 Å². The zero-order chi connectivity index (χ0) is 19.8. The Morgan fingerprint density at radius 2 is 1.71 bits per heavy atom. The summed E-state index contributed by atoms with van der Waals surface area (Å²) in [6.07, 6.45) is 1.61. The highest BCUT2D eigenvalue weighted by molar-refractivity contribution is 5.84. The molecule has 6 heteroatoms. The van der Waals surface area contributed by atoms with E-state index in [0.29, 0.717) is 32.7 Å². The van der Waals surface area contributed by atoms with Gasteiger partial charge in [-0.1, -0.05) is 54.6 Å². The van der Waals surface area contributed by atoms with Crippen molar-refractivity contribution in [3.8, 4) is 0 Å². The third-order valence-corrected chi connectivity index (χ3v) is 5.07. The number of hydrogen-bond donors (Lipinski definition) is 2. The van der Waals surface area contributed by atoms with Crippen molar-refractivity contribution in [2.45, 2.75) is 19.4 Å². The summed E-state index contributed by atoms with van der Waals surface area (Å²) in [5.41, 5.74) is 9.30. The molecule has 0 aliphatic carbocycles. The molecule has 1 heterocycles. The number of carbonyl (C=O) groups excluding carboxylic acids is 2. The topological polar surface area (TPSA) is 78.7 Å². The summed E-state index contributed by atoms with van der Waals surface area (Å²) in [4.78, 5) is 28.5. The Balaban J connectivity index is 1.49. The van der Waals surface area contributed by atoms with E-state index in [1.165, 1.54) is 16.7 Å². The monoisotopic (exact) mass is 380 g/mol. The summed E-state index contributed by atoms with van der Waals surface area (Å²) in [6.45, 7) is 2.71. The van der Waals surface area contributed by atoms with Crippen LogP contribution in [-0.4, -0.2) is 54.5 Å². The van der Waals surface area contributed by atoms with Crippen molar-refractivity contribution in [3.05, 3.63) is 71.3 Å². The van der Waals surface area contributed by atoms with Crippen LogP contribution >= 0.6 is 0 Å². The van der Waals surface area contributed by atoms with Gasteiger partial charge in [-0.05, 0) is 29.5 Å². The van der Waals surface area contributed by atoms with Crippen LogP contribution < -0.4 is 11.1 Å². The highest BCUT2D eigenvalue weighted by atomic mass is 16.2. The number of fused-ring (bicyclic) bond motifs is 1. The first-order valence-electron chi connectivity index (χ1n) is 9.78. The predicted octanol–water partition coefficient (Wildman–Crippen LogP) is 1.78. The standard InChI is InChI=1S/C22H28N4O2/c23-12-15-25(13-10-18-6-2-1-3-7-18)21(27)16-24-22(28)26-14-11-19-8-4-5-9-20(19)17-26/h1-9H,10-17,23H2,(H,24,28). The summed E-state index contributed by atoms with van der Waals surface area (Å²) in [6, 6.07) is 18.0. The van der Waals surface area contributed by atoms with E-state index < -0.39 is 0 Å². The van der Waals surface area contributed by atoms with Crippen molar-refractivity contribution < 1.29 is 9.59 Å². The zero-order valence-electron chi connectivity index (χ0n) is 16.1. The predicted molar refractivity (Wildman–Crippen MR) is 110 cm³/mol. The summed E-state index contributed by atoms with van der Waals surface area (Å²) in [5.74, 6) is -0.104. The summed E-state index contributed by atoms with van der Waals surface area (Å²) in [7, 11) is 0. The molecule has 1 aliphatic rings. The highest BCUT2D eigenvalue weighted by Gasteiger charge is 2.21. The zero-order valence-corrected chi connectivity index (χ0v) is 16.1. The van der Waals surface area contributed by atoms with Gasteiger partial charge in [0, 0.05) is 32.7 Å². The molecule has 3 rings (SSSR count). The van der Waals surface area contributed by atoms with Crippen LogP contribution in [0, 0.1) is 0 Å². The lowest BCUT2D eigenvalue weighted by atomic mass is 10.0. The van der Waals surface area contributed by atoms with Crippen molar-refractivity contribution >= 4 is 11.9 Å². The number of hydrogen-bond acceptors (Lipinski definition) is 3. The first kappa shape index (κ1) is 19.9. The Morgan fingerprint density at radius 3 is 2.46 bits per heavy atom. The maximum absolute atomic E-state index is 12.6. The molecule has 0 spiro atoms. The lowest BCUT2D eigenvalue weighted by molar-refractivity contribution is -0.130. The average molecular weight is 380 g/mol. The van der Waals surface area contributed by atoms with Gasteiger partial charge in [0.25, 0.3) is 0 Å². The number of amides is 3. The van der Waals surface area contributed by atoms with Crippen LogP contribution in [0.2, 0.25) is 0 Å². The van der Waals surface area contributed by atoms with Crippen LogP contribution in [0.15, 0.2) is 54.6 Å². The first-order valence-corrected chi connectivity index (χ1v) is 9.78. The minimum atomic E-state index is -0.196. The number of nitrogens with zero attached hydrogens (tertiary/aromatic N) is 2. The van der Waals surface area contributed by atoms with Crippen molar-refractivity contribution in [2.75, 3.05) is 32.7 Å². The van der Waals surface area contributed by atoms with Gasteiger partial charge in [-0.25, -0.2) is 4.79 Å². The van der Waals surface area contributed by atoms with Gasteiger partial charge in [0.1, 0.15) is 0 Å². The Labute approximate surface area is 166 Å². The molecule has 0 bridgehead atoms. The van der Waals surface area contributed by atoms with Crippen LogP contribution in [0.4, 0.5) is 4.79 Å². The molecule has 2 aromatic rings. The SMILES string of the molecule is NCCN(CCc1ccccc1)C(=O)CNC(=O)N1CCc2ccccc2C1. The van der Waals surface area contributed by atoms with Crippen molar-refractivity contribution in [1.82, 2.24) is 15.1 Å². The van der Waals surface area contributed by atoms with E-state index in [1.54, 1.807) is 9.80 Å². The molecule has 0 unspecified atom stereocenters. The van der Waals surface area contributed by atoms with Gasteiger partial charge in [-0.15, -0.1) is 0 Å². The maximum atomic E-state index is 12.6. The number of nitrogens with two attached hydrogens (primary N) is 1. The molecule has 0 atom stereocenters. The van der Waals surface area contributed by atoms with Crippen LogP contribution in [0.5, 0.6) is 0 Å². The van der Waals surface area contributed by atoms with E-state index in [2.05, 4.69) is 11.4 Å². The Hall–Kier alpha value is -2.86. The Kier molecular flexibility index (Phi) is 7.03. The molecular formula is C22H28N4O2. The van der Waals surface area contributed by atoms with E-state index in [4.69, 9.17) is 5.73 Å². The van der Waals surface area contributed by atoms with E-state index >= 15 is 0 Å². The summed E-state index contributed by atoms with van der Waals surface area (Å²) >= 11 is 0. The Bertz CT molecular complexity index is 794. The second kappa shape index (κ2) is 9.90. The fourth-order valence-corrected chi connectivity index (χ4v) is 3.47. The summed E-state index contributed by atoms with van der Waals surface area (Å²) < 4.78 is 0. The third-order valence-electron chi connectivity index (χ3n) is 5.07. The van der Waals surface area contributed by atoms with Gasteiger partial charge >= 0.3 is 6.03 Å². The number of rotatable bonds is 7. The summed E-state index contributed by atoms with van der Waals surface area (Å²) in [5, 5.41) is 2.77. The molecular weight excluding hydrogens is 352 g/mol. The van der Waals surface area contributed by atoms with Gasteiger partial charge in [-0.3, -0.25) is 4.79 Å². The highest BCUT2D eigenvalue weighted by Crippen LogP contribution is 2.18. The molecule has 3 N–H and O–H groups in total. The van der Waals surface area contributed by atoms with Crippen molar-refractivity contribution in [1.29, 1.82) is 0 Å². The Morgan fingerprint density at radius 1 is 1.00 bits per heavy atom. The quantitative estimate of drug-likeness (QED) is 0.769. The molecule has 3 amide bonds. The first-order chi connectivity index (χ1) is 13.7. The lowest BCUT2D eigenvalue weighted by Gasteiger charge is -2.29. The van der Waals surface area contributed by atoms with Crippen molar-refractivity contribution in [3.63, 3.8) is 0 Å². The van der Waals surface area contributed by atoms with Gasteiger partial charge in [0.05, 0.1) is 6.54 Å². The third kappa shape index (κ3) is 5.33. The largest absolute Gasteiger partial charge is 0.340 e. The van der Waals surface area contributed by atoms with Crippen LogP contribution in [0.1, 0.15) is 16.7 Å². The number of carbonyl (C=O) groups is 2. The molecule has 0 saturated heterocycles. The van der Waals surface area contributed by atoms with E-state index in [-0.39, 0.29) is 18.5 Å². The van der Waals surface area contributed by atoms with Crippen LogP contribution in [-0.2, 0) is 24.2 Å². The molecule has 2 aromatic carbocycles. The lowest BCUT2D eigenvalue weighted by Crippen LogP contribution is -2.48. The van der Waals surface area contributed by atoms with Gasteiger partial charge < -0.3 is 20.9 Å².